The predicted octanol–water partition coefficient (Wildman–Crippen LogP) is 2.62. The molecule has 20 heavy (non-hydrogen) atoms. The summed E-state index contributed by atoms with van der Waals surface area (Å²) in [6.07, 6.45) is 2.10. The zero-order chi connectivity index (χ0) is 14.4. The van der Waals surface area contributed by atoms with E-state index in [1.54, 1.807) is 0 Å². The largest absolute Gasteiger partial charge is 0.453 e. The molecule has 1 atom stereocenters. The van der Waals surface area contributed by atoms with Crippen LogP contribution in [-0.2, 0) is 4.74 Å². The first-order valence-electron chi connectivity index (χ1n) is 7.05. The van der Waals surface area contributed by atoms with Gasteiger partial charge in [-0.3, -0.25) is 5.32 Å². The van der Waals surface area contributed by atoms with E-state index in [0.717, 1.165) is 24.5 Å². The highest BCUT2D eigenvalue weighted by Crippen LogP contribution is 2.19. The number of nitrogens with zero attached hydrogens (tertiary/aromatic N) is 1. The van der Waals surface area contributed by atoms with Crippen molar-refractivity contribution < 1.29 is 9.53 Å². The van der Waals surface area contributed by atoms with Gasteiger partial charge in [-0.2, -0.15) is 0 Å². The molecular formula is C15H23N3O2. The van der Waals surface area contributed by atoms with E-state index in [1.165, 1.54) is 26.5 Å². The number of nitrogens with one attached hydrogen (secondary N) is 2. The standard InChI is InChI=1S/C15H23N3O2/c1-18-8-4-5-12(11-18)10-16-13-6-3-7-14(9-13)17-15(19)20-2/h3,6-7,9,12,16H,4-5,8,10-11H2,1-2H3,(H,17,19). The van der Waals surface area contributed by atoms with Crippen molar-refractivity contribution in [2.45, 2.75) is 12.8 Å². The number of rotatable bonds is 4. The van der Waals surface area contributed by atoms with Crippen LogP contribution in [0, 0.1) is 5.92 Å². The average molecular weight is 277 g/mol. The summed E-state index contributed by atoms with van der Waals surface area (Å²) >= 11 is 0. The maximum absolute atomic E-state index is 11.2. The van der Waals surface area contributed by atoms with Crippen molar-refractivity contribution in [3.8, 4) is 0 Å². The molecule has 0 saturated carbocycles. The van der Waals surface area contributed by atoms with Crippen molar-refractivity contribution >= 4 is 17.5 Å². The summed E-state index contributed by atoms with van der Waals surface area (Å²) in [6.45, 7) is 3.31. The molecule has 5 heteroatoms. The Morgan fingerprint density at radius 1 is 1.45 bits per heavy atom. The number of anilines is 2. The lowest BCUT2D eigenvalue weighted by Gasteiger charge is -2.30. The maximum Gasteiger partial charge on any atom is 0.411 e. The number of amides is 1. The lowest BCUT2D eigenvalue weighted by Crippen LogP contribution is -2.35. The SMILES string of the molecule is COC(=O)Nc1cccc(NCC2CCCN(C)C2)c1. The Morgan fingerprint density at radius 2 is 2.25 bits per heavy atom. The lowest BCUT2D eigenvalue weighted by molar-refractivity contribution is 0.187. The van der Waals surface area contributed by atoms with Gasteiger partial charge in [0.1, 0.15) is 0 Å². The molecule has 1 amide bonds. The van der Waals surface area contributed by atoms with Gasteiger partial charge in [0, 0.05) is 24.5 Å². The second kappa shape index (κ2) is 7.14. The third-order valence-electron chi connectivity index (χ3n) is 3.61. The number of piperidine rings is 1. The van der Waals surface area contributed by atoms with Gasteiger partial charge in [-0.05, 0) is 50.6 Å². The summed E-state index contributed by atoms with van der Waals surface area (Å²) in [6, 6.07) is 7.69. The normalized spacial score (nSPS) is 19.4. The summed E-state index contributed by atoms with van der Waals surface area (Å²) < 4.78 is 4.58. The van der Waals surface area contributed by atoms with E-state index in [9.17, 15) is 4.79 Å². The van der Waals surface area contributed by atoms with Crippen molar-refractivity contribution in [1.82, 2.24) is 4.90 Å². The number of carbonyl (C=O) groups excluding carboxylic acids is 1. The molecule has 0 spiro atoms. The van der Waals surface area contributed by atoms with E-state index in [0.29, 0.717) is 5.92 Å². The van der Waals surface area contributed by atoms with Crippen LogP contribution in [0.5, 0.6) is 0 Å². The van der Waals surface area contributed by atoms with Gasteiger partial charge in [-0.25, -0.2) is 4.79 Å². The fourth-order valence-electron chi connectivity index (χ4n) is 2.58. The van der Waals surface area contributed by atoms with Crippen LogP contribution in [0.4, 0.5) is 16.2 Å². The van der Waals surface area contributed by atoms with Crippen LogP contribution in [0.2, 0.25) is 0 Å². The Morgan fingerprint density at radius 3 is 3.00 bits per heavy atom. The lowest BCUT2D eigenvalue weighted by atomic mass is 9.98. The molecule has 2 rings (SSSR count). The number of benzene rings is 1. The fourth-order valence-corrected chi connectivity index (χ4v) is 2.58. The number of ether oxygens (including phenoxy) is 1. The zero-order valence-corrected chi connectivity index (χ0v) is 12.2. The summed E-state index contributed by atoms with van der Waals surface area (Å²) in [5.41, 5.74) is 1.76. The Labute approximate surface area is 120 Å². The number of hydrogen-bond acceptors (Lipinski definition) is 4. The van der Waals surface area contributed by atoms with Crippen LogP contribution in [0.1, 0.15) is 12.8 Å². The van der Waals surface area contributed by atoms with Gasteiger partial charge in [0.2, 0.25) is 0 Å². The number of methoxy groups -OCH3 is 1. The minimum absolute atomic E-state index is 0.448. The van der Waals surface area contributed by atoms with E-state index in [1.807, 2.05) is 24.3 Å². The molecule has 0 aromatic heterocycles. The second-order valence-electron chi connectivity index (χ2n) is 5.35. The highest BCUT2D eigenvalue weighted by molar-refractivity contribution is 5.85. The highest BCUT2D eigenvalue weighted by Gasteiger charge is 2.16. The van der Waals surface area contributed by atoms with E-state index in [2.05, 4.69) is 27.3 Å². The van der Waals surface area contributed by atoms with Gasteiger partial charge < -0.3 is 15.0 Å². The van der Waals surface area contributed by atoms with Crippen molar-refractivity contribution in [3.05, 3.63) is 24.3 Å². The highest BCUT2D eigenvalue weighted by atomic mass is 16.5. The topological polar surface area (TPSA) is 53.6 Å². The molecule has 1 saturated heterocycles. The first-order valence-corrected chi connectivity index (χ1v) is 7.05. The Balaban J connectivity index is 1.86. The second-order valence-corrected chi connectivity index (χ2v) is 5.35. The molecule has 1 aromatic rings. The Kier molecular flexibility index (Phi) is 5.24. The minimum Gasteiger partial charge on any atom is -0.453 e. The third-order valence-corrected chi connectivity index (χ3v) is 3.61. The molecule has 1 aromatic carbocycles. The first-order chi connectivity index (χ1) is 9.67. The molecular weight excluding hydrogens is 254 g/mol. The number of likely N-dealkylation sites (tertiary alicyclic amines) is 1. The van der Waals surface area contributed by atoms with Crippen LogP contribution >= 0.6 is 0 Å². The van der Waals surface area contributed by atoms with Gasteiger partial charge in [0.05, 0.1) is 7.11 Å². The van der Waals surface area contributed by atoms with E-state index in [-0.39, 0.29) is 0 Å². The molecule has 1 unspecified atom stereocenters. The maximum atomic E-state index is 11.2. The van der Waals surface area contributed by atoms with Gasteiger partial charge in [0.15, 0.2) is 0 Å². The smallest absolute Gasteiger partial charge is 0.411 e. The summed E-state index contributed by atoms with van der Waals surface area (Å²) in [5.74, 6) is 0.686. The predicted molar refractivity (Wildman–Crippen MR) is 81.2 cm³/mol. The first kappa shape index (κ1) is 14.7. The van der Waals surface area contributed by atoms with Gasteiger partial charge >= 0.3 is 6.09 Å². The zero-order valence-electron chi connectivity index (χ0n) is 12.2. The van der Waals surface area contributed by atoms with E-state index in [4.69, 9.17) is 0 Å². The quantitative estimate of drug-likeness (QED) is 0.888. The van der Waals surface area contributed by atoms with Gasteiger partial charge in [0.25, 0.3) is 0 Å². The van der Waals surface area contributed by atoms with Crippen molar-refractivity contribution in [1.29, 1.82) is 0 Å². The summed E-state index contributed by atoms with van der Waals surface area (Å²) in [5, 5.41) is 6.12. The molecule has 2 N–H and O–H groups in total. The molecule has 110 valence electrons. The molecule has 0 aliphatic carbocycles. The van der Waals surface area contributed by atoms with Crippen LogP contribution < -0.4 is 10.6 Å². The number of carbonyl (C=O) groups is 1. The van der Waals surface area contributed by atoms with Crippen molar-refractivity contribution in [2.75, 3.05) is 44.4 Å². The third kappa shape index (κ3) is 4.42. The van der Waals surface area contributed by atoms with Crippen LogP contribution in [-0.4, -0.2) is 44.8 Å². The van der Waals surface area contributed by atoms with Gasteiger partial charge in [-0.1, -0.05) is 6.07 Å². The summed E-state index contributed by atoms with van der Waals surface area (Å²) in [4.78, 5) is 13.6. The minimum atomic E-state index is -0.448. The van der Waals surface area contributed by atoms with Gasteiger partial charge in [-0.15, -0.1) is 0 Å². The van der Waals surface area contributed by atoms with Crippen LogP contribution in [0.15, 0.2) is 24.3 Å². The van der Waals surface area contributed by atoms with Crippen LogP contribution in [0.25, 0.3) is 0 Å². The molecule has 5 nitrogen and oxygen atoms in total. The van der Waals surface area contributed by atoms with Crippen LogP contribution in [0.3, 0.4) is 0 Å². The van der Waals surface area contributed by atoms with Crippen molar-refractivity contribution in [3.63, 3.8) is 0 Å². The Hall–Kier alpha value is -1.75. The van der Waals surface area contributed by atoms with E-state index >= 15 is 0 Å². The molecule has 0 bridgehead atoms. The molecule has 0 radical (unpaired) electrons. The molecule has 1 heterocycles. The fraction of sp³-hybridized carbons (Fsp3) is 0.533. The monoisotopic (exact) mass is 277 g/mol. The van der Waals surface area contributed by atoms with E-state index < -0.39 is 6.09 Å². The molecule has 1 fully saturated rings. The number of hydrogen-bond donors (Lipinski definition) is 2. The van der Waals surface area contributed by atoms with Crippen molar-refractivity contribution in [2.24, 2.45) is 5.92 Å². The molecule has 1 aliphatic rings. The summed E-state index contributed by atoms with van der Waals surface area (Å²) in [7, 11) is 3.53. The average Bonchev–Trinajstić information content (AvgIpc) is 2.45. The molecule has 1 aliphatic heterocycles. The Bertz CT molecular complexity index is 450.